The fraction of sp³-hybridized carbons (Fsp3) is 0.286. The molecule has 1 aromatic heterocycles. The highest BCUT2D eigenvalue weighted by molar-refractivity contribution is 7.17. The summed E-state index contributed by atoms with van der Waals surface area (Å²) >= 11 is 1.20. The van der Waals surface area contributed by atoms with Gasteiger partial charge in [-0.1, -0.05) is 29.5 Å². The second kappa shape index (κ2) is 6.49. The normalized spacial score (nSPS) is 10.5. The number of para-hydroxylation sites is 1. The highest BCUT2D eigenvalue weighted by Crippen LogP contribution is 2.22. The van der Waals surface area contributed by atoms with Crippen LogP contribution in [0.5, 0.6) is 0 Å². The maximum Gasteiger partial charge on any atom is 0.267 e. The van der Waals surface area contributed by atoms with E-state index in [0.717, 1.165) is 17.7 Å². The van der Waals surface area contributed by atoms with E-state index in [1.807, 2.05) is 24.3 Å². The molecule has 0 aliphatic carbocycles. The summed E-state index contributed by atoms with van der Waals surface area (Å²) in [5, 5.41) is 3.31. The molecule has 6 heteroatoms. The lowest BCUT2D eigenvalue weighted by Gasteiger charge is -2.10. The van der Waals surface area contributed by atoms with E-state index in [-0.39, 0.29) is 5.91 Å². The molecule has 0 saturated carbocycles. The predicted octanol–water partition coefficient (Wildman–Crippen LogP) is 2.47. The standard InChI is InChI=1S/C14H17N3O2S/c1-9-12(20-14(15)16-9)13(18)17-11-6-4-3-5-10(11)7-8-19-2/h3-6H,7-8H2,1-2H3,(H2,15,16)(H,17,18). The Morgan fingerprint density at radius 2 is 2.20 bits per heavy atom. The number of nitrogens with two attached hydrogens (primary N) is 1. The Morgan fingerprint density at radius 3 is 2.85 bits per heavy atom. The van der Waals surface area contributed by atoms with E-state index < -0.39 is 0 Å². The molecule has 0 fully saturated rings. The number of anilines is 2. The zero-order valence-corrected chi connectivity index (χ0v) is 12.3. The summed E-state index contributed by atoms with van der Waals surface area (Å²) in [6.07, 6.45) is 0.747. The van der Waals surface area contributed by atoms with Crippen molar-refractivity contribution in [1.82, 2.24) is 4.98 Å². The van der Waals surface area contributed by atoms with Crippen molar-refractivity contribution in [1.29, 1.82) is 0 Å². The van der Waals surface area contributed by atoms with Gasteiger partial charge in [-0.2, -0.15) is 0 Å². The second-order valence-electron chi connectivity index (χ2n) is 4.32. The summed E-state index contributed by atoms with van der Waals surface area (Å²) < 4.78 is 5.08. The highest BCUT2D eigenvalue weighted by atomic mass is 32.1. The van der Waals surface area contributed by atoms with E-state index in [4.69, 9.17) is 10.5 Å². The van der Waals surface area contributed by atoms with Crippen LogP contribution in [0.3, 0.4) is 0 Å². The minimum absolute atomic E-state index is 0.179. The number of amides is 1. The van der Waals surface area contributed by atoms with Gasteiger partial charge in [0, 0.05) is 12.8 Å². The van der Waals surface area contributed by atoms with Crippen LogP contribution < -0.4 is 11.1 Å². The third-order valence-electron chi connectivity index (χ3n) is 2.86. The van der Waals surface area contributed by atoms with E-state index in [1.54, 1.807) is 14.0 Å². The van der Waals surface area contributed by atoms with Crippen molar-refractivity contribution in [3.8, 4) is 0 Å². The third kappa shape index (κ3) is 3.34. The topological polar surface area (TPSA) is 77.2 Å². The van der Waals surface area contributed by atoms with E-state index in [1.165, 1.54) is 11.3 Å². The zero-order valence-electron chi connectivity index (χ0n) is 11.5. The van der Waals surface area contributed by atoms with Gasteiger partial charge in [0.25, 0.3) is 5.91 Å². The van der Waals surface area contributed by atoms with Crippen LogP contribution in [0.1, 0.15) is 20.9 Å². The average Bonchev–Trinajstić information content (AvgIpc) is 2.77. The largest absolute Gasteiger partial charge is 0.384 e. The van der Waals surface area contributed by atoms with Crippen molar-refractivity contribution < 1.29 is 9.53 Å². The van der Waals surface area contributed by atoms with Crippen molar-refractivity contribution in [2.24, 2.45) is 0 Å². The lowest BCUT2D eigenvalue weighted by atomic mass is 10.1. The maximum atomic E-state index is 12.2. The highest BCUT2D eigenvalue weighted by Gasteiger charge is 2.15. The number of thiazole rings is 1. The monoisotopic (exact) mass is 291 g/mol. The molecule has 1 amide bonds. The van der Waals surface area contributed by atoms with Crippen molar-refractivity contribution in [3.63, 3.8) is 0 Å². The van der Waals surface area contributed by atoms with Gasteiger partial charge in [-0.15, -0.1) is 0 Å². The molecule has 0 aliphatic rings. The summed E-state index contributed by atoms with van der Waals surface area (Å²) in [6.45, 7) is 2.39. The molecule has 106 valence electrons. The summed E-state index contributed by atoms with van der Waals surface area (Å²) in [5.74, 6) is -0.179. The third-order valence-corrected chi connectivity index (χ3v) is 3.85. The summed E-state index contributed by atoms with van der Waals surface area (Å²) in [7, 11) is 1.66. The molecule has 5 nitrogen and oxygen atoms in total. The second-order valence-corrected chi connectivity index (χ2v) is 5.35. The Morgan fingerprint density at radius 1 is 1.45 bits per heavy atom. The first-order valence-electron chi connectivity index (χ1n) is 6.23. The Bertz CT molecular complexity index is 610. The smallest absolute Gasteiger partial charge is 0.267 e. The number of rotatable bonds is 5. The molecule has 20 heavy (non-hydrogen) atoms. The Kier molecular flexibility index (Phi) is 4.70. The van der Waals surface area contributed by atoms with Crippen LogP contribution in [-0.2, 0) is 11.2 Å². The molecule has 0 radical (unpaired) electrons. The maximum absolute atomic E-state index is 12.2. The van der Waals surface area contributed by atoms with Crippen LogP contribution in [0.2, 0.25) is 0 Å². The van der Waals surface area contributed by atoms with E-state index >= 15 is 0 Å². The Balaban J connectivity index is 2.17. The van der Waals surface area contributed by atoms with Crippen LogP contribution >= 0.6 is 11.3 Å². The molecule has 0 atom stereocenters. The molecule has 0 aliphatic heterocycles. The fourth-order valence-electron chi connectivity index (χ4n) is 1.88. The van der Waals surface area contributed by atoms with Crippen molar-refractivity contribution >= 4 is 28.1 Å². The molecular formula is C14H17N3O2S. The minimum atomic E-state index is -0.179. The number of nitrogens with zero attached hydrogens (tertiary/aromatic N) is 1. The minimum Gasteiger partial charge on any atom is -0.384 e. The zero-order chi connectivity index (χ0) is 14.5. The number of aryl methyl sites for hydroxylation is 1. The van der Waals surface area contributed by atoms with Gasteiger partial charge in [0.15, 0.2) is 5.13 Å². The molecule has 0 spiro atoms. The number of benzene rings is 1. The van der Waals surface area contributed by atoms with E-state index in [2.05, 4.69) is 10.3 Å². The molecule has 2 rings (SSSR count). The van der Waals surface area contributed by atoms with E-state index in [9.17, 15) is 4.79 Å². The van der Waals surface area contributed by atoms with Gasteiger partial charge in [0.05, 0.1) is 12.3 Å². The quantitative estimate of drug-likeness (QED) is 0.887. The van der Waals surface area contributed by atoms with Crippen molar-refractivity contribution in [2.45, 2.75) is 13.3 Å². The van der Waals surface area contributed by atoms with Crippen LogP contribution in [-0.4, -0.2) is 24.6 Å². The molecule has 3 N–H and O–H groups in total. The molecular weight excluding hydrogens is 274 g/mol. The molecule has 1 heterocycles. The molecule has 2 aromatic rings. The number of aromatic nitrogens is 1. The first-order valence-corrected chi connectivity index (χ1v) is 7.04. The lowest BCUT2D eigenvalue weighted by Crippen LogP contribution is -2.13. The fourth-order valence-corrected chi connectivity index (χ4v) is 2.61. The van der Waals surface area contributed by atoms with Crippen LogP contribution in [0.4, 0.5) is 10.8 Å². The first kappa shape index (κ1) is 14.5. The van der Waals surface area contributed by atoms with E-state index in [0.29, 0.717) is 22.3 Å². The number of hydrogen-bond acceptors (Lipinski definition) is 5. The number of nitrogen functional groups attached to an aromatic ring is 1. The SMILES string of the molecule is COCCc1ccccc1NC(=O)c1sc(N)nc1C. The number of ether oxygens (including phenoxy) is 1. The molecule has 0 bridgehead atoms. The van der Waals surface area contributed by atoms with Gasteiger partial charge >= 0.3 is 0 Å². The summed E-state index contributed by atoms with van der Waals surface area (Å²) in [6, 6.07) is 7.68. The summed E-state index contributed by atoms with van der Waals surface area (Å²) in [4.78, 5) is 16.9. The number of carbonyl (C=O) groups is 1. The molecule has 0 unspecified atom stereocenters. The van der Waals surface area contributed by atoms with Gasteiger partial charge in [-0.05, 0) is 25.0 Å². The van der Waals surface area contributed by atoms with Crippen molar-refractivity contribution in [3.05, 3.63) is 40.4 Å². The van der Waals surface area contributed by atoms with Gasteiger partial charge in [0.1, 0.15) is 4.88 Å². The Labute approximate surface area is 121 Å². The number of carbonyl (C=O) groups excluding carboxylic acids is 1. The average molecular weight is 291 g/mol. The first-order chi connectivity index (χ1) is 9.61. The van der Waals surface area contributed by atoms with Crippen molar-refractivity contribution in [2.75, 3.05) is 24.8 Å². The number of hydrogen-bond donors (Lipinski definition) is 2. The Hall–Kier alpha value is -1.92. The van der Waals surface area contributed by atoms with Gasteiger partial charge in [0.2, 0.25) is 0 Å². The number of methoxy groups -OCH3 is 1. The van der Waals surface area contributed by atoms with Crippen LogP contribution in [0.15, 0.2) is 24.3 Å². The predicted molar refractivity (Wildman–Crippen MR) is 81.2 cm³/mol. The van der Waals surface area contributed by atoms with Gasteiger partial charge in [-0.25, -0.2) is 4.98 Å². The number of nitrogens with one attached hydrogen (secondary N) is 1. The summed E-state index contributed by atoms with van der Waals surface area (Å²) in [5.41, 5.74) is 8.10. The van der Waals surface area contributed by atoms with Crippen LogP contribution in [0.25, 0.3) is 0 Å². The van der Waals surface area contributed by atoms with Gasteiger partial charge < -0.3 is 15.8 Å². The van der Waals surface area contributed by atoms with Crippen LogP contribution in [0, 0.1) is 6.92 Å². The molecule has 1 aromatic carbocycles. The lowest BCUT2D eigenvalue weighted by molar-refractivity contribution is 0.102. The molecule has 0 saturated heterocycles. The van der Waals surface area contributed by atoms with Gasteiger partial charge in [-0.3, -0.25) is 4.79 Å².